The second-order valence-corrected chi connectivity index (χ2v) is 8.58. The van der Waals surface area contributed by atoms with E-state index < -0.39 is 0 Å². The lowest BCUT2D eigenvalue weighted by atomic mass is 9.49. The Morgan fingerprint density at radius 1 is 1.04 bits per heavy atom. The second kappa shape index (κ2) is 6.47. The lowest BCUT2D eigenvalue weighted by Crippen LogP contribution is -2.54. The zero-order valence-electron chi connectivity index (χ0n) is 15.0. The van der Waals surface area contributed by atoms with Crippen LogP contribution in [0.25, 0.3) is 0 Å². The van der Waals surface area contributed by atoms with Gasteiger partial charge in [-0.2, -0.15) is 0 Å². The van der Waals surface area contributed by atoms with Gasteiger partial charge in [0.05, 0.1) is 12.6 Å². The van der Waals surface area contributed by atoms with Crippen LogP contribution in [0.2, 0.25) is 0 Å². The van der Waals surface area contributed by atoms with E-state index in [-0.39, 0.29) is 29.8 Å². The Hall–Kier alpha value is -1.84. The molecule has 134 valence electrons. The summed E-state index contributed by atoms with van der Waals surface area (Å²) in [5.41, 5.74) is 0.892. The minimum Gasteiger partial charge on any atom is -0.348 e. The van der Waals surface area contributed by atoms with Crippen LogP contribution < -0.4 is 10.6 Å². The maximum atomic E-state index is 12.9. The summed E-state index contributed by atoms with van der Waals surface area (Å²) >= 11 is 0. The topological polar surface area (TPSA) is 58.2 Å². The molecular weight excluding hydrogens is 312 g/mol. The van der Waals surface area contributed by atoms with E-state index in [2.05, 4.69) is 10.6 Å². The van der Waals surface area contributed by atoms with Crippen molar-refractivity contribution < 1.29 is 9.59 Å². The number of amides is 2. The van der Waals surface area contributed by atoms with Gasteiger partial charge < -0.3 is 10.6 Å². The van der Waals surface area contributed by atoms with Gasteiger partial charge >= 0.3 is 0 Å². The van der Waals surface area contributed by atoms with Crippen LogP contribution in [-0.2, 0) is 9.59 Å². The third-order valence-electron chi connectivity index (χ3n) is 6.61. The molecule has 4 aliphatic carbocycles. The van der Waals surface area contributed by atoms with Crippen molar-refractivity contribution in [2.24, 2.45) is 23.2 Å². The van der Waals surface area contributed by atoms with E-state index in [1.165, 1.54) is 19.3 Å². The number of hydrogen-bond acceptors (Lipinski definition) is 2. The molecule has 4 heteroatoms. The molecule has 0 unspecified atom stereocenters. The first kappa shape index (κ1) is 16.6. The summed E-state index contributed by atoms with van der Waals surface area (Å²) < 4.78 is 0. The summed E-state index contributed by atoms with van der Waals surface area (Å²) in [4.78, 5) is 25.1. The van der Waals surface area contributed by atoms with E-state index in [9.17, 15) is 9.59 Å². The number of hydrogen-bond donors (Lipinski definition) is 2. The van der Waals surface area contributed by atoms with E-state index in [1.54, 1.807) is 0 Å². The molecule has 0 radical (unpaired) electrons. The fourth-order valence-corrected chi connectivity index (χ4v) is 5.85. The number of carbonyl (C=O) groups is 2. The van der Waals surface area contributed by atoms with Crippen LogP contribution in [0.3, 0.4) is 0 Å². The van der Waals surface area contributed by atoms with E-state index in [0.717, 1.165) is 42.6 Å². The molecule has 25 heavy (non-hydrogen) atoms. The molecular formula is C21H28N2O2. The van der Waals surface area contributed by atoms with Gasteiger partial charge in [0.25, 0.3) is 0 Å². The average molecular weight is 340 g/mol. The van der Waals surface area contributed by atoms with Crippen molar-refractivity contribution in [3.05, 3.63) is 35.9 Å². The first-order chi connectivity index (χ1) is 12.0. The summed E-state index contributed by atoms with van der Waals surface area (Å²) in [5, 5.41) is 5.92. The zero-order chi connectivity index (χ0) is 17.4. The Morgan fingerprint density at radius 3 is 2.16 bits per heavy atom. The molecule has 1 aromatic rings. The predicted molar refractivity (Wildman–Crippen MR) is 96.6 cm³/mol. The van der Waals surface area contributed by atoms with Gasteiger partial charge in [-0.15, -0.1) is 0 Å². The smallest absolute Gasteiger partial charge is 0.239 e. The Morgan fingerprint density at radius 2 is 1.60 bits per heavy atom. The Bertz CT molecular complexity index is 620. The number of nitrogens with one attached hydrogen (secondary N) is 2. The van der Waals surface area contributed by atoms with Crippen LogP contribution >= 0.6 is 0 Å². The van der Waals surface area contributed by atoms with Gasteiger partial charge in [0.2, 0.25) is 11.8 Å². The molecule has 5 rings (SSSR count). The number of carbonyl (C=O) groups excluding carboxylic acids is 2. The largest absolute Gasteiger partial charge is 0.348 e. The minimum absolute atomic E-state index is 0.0508. The molecule has 0 aliphatic heterocycles. The van der Waals surface area contributed by atoms with Crippen molar-refractivity contribution in [3.63, 3.8) is 0 Å². The maximum absolute atomic E-state index is 12.9. The molecule has 2 amide bonds. The van der Waals surface area contributed by atoms with Crippen molar-refractivity contribution in [1.82, 2.24) is 10.6 Å². The molecule has 0 aromatic heterocycles. The second-order valence-electron chi connectivity index (χ2n) is 8.58. The summed E-state index contributed by atoms with van der Waals surface area (Å²) in [7, 11) is 0. The molecule has 0 heterocycles. The molecule has 2 N–H and O–H groups in total. The molecule has 0 saturated heterocycles. The van der Waals surface area contributed by atoms with Crippen LogP contribution in [0.4, 0.5) is 0 Å². The molecule has 4 aliphatic rings. The average Bonchev–Trinajstić information content (AvgIpc) is 2.59. The van der Waals surface area contributed by atoms with Crippen LogP contribution in [0, 0.1) is 23.2 Å². The van der Waals surface area contributed by atoms with Crippen LogP contribution in [0.15, 0.2) is 30.3 Å². The van der Waals surface area contributed by atoms with Gasteiger partial charge in [0.15, 0.2) is 0 Å². The highest BCUT2D eigenvalue weighted by Gasteiger charge is 2.54. The van der Waals surface area contributed by atoms with Crippen LogP contribution in [0.5, 0.6) is 0 Å². The van der Waals surface area contributed by atoms with E-state index in [0.29, 0.717) is 0 Å². The zero-order valence-corrected chi connectivity index (χ0v) is 15.0. The van der Waals surface area contributed by atoms with Gasteiger partial charge in [-0.05, 0) is 68.8 Å². The first-order valence-electron chi connectivity index (χ1n) is 9.67. The lowest BCUT2D eigenvalue weighted by molar-refractivity contribution is -0.147. The standard InChI is InChI=1S/C21H28N2O2/c1-14(18-5-3-2-4-6-18)23-19(24)13-22-20(25)21-10-15-7-16(11-21)9-17(8-15)12-21/h2-6,14-17H,7-13H2,1H3,(H,22,25)(H,23,24)/t14-,15?,16?,17?,21?/m0/s1. The Labute approximate surface area is 149 Å². The number of rotatable bonds is 5. The molecule has 1 atom stereocenters. The summed E-state index contributed by atoms with van der Waals surface area (Å²) in [6, 6.07) is 9.84. The van der Waals surface area contributed by atoms with E-state index >= 15 is 0 Å². The van der Waals surface area contributed by atoms with Gasteiger partial charge in [-0.3, -0.25) is 9.59 Å². The fourth-order valence-electron chi connectivity index (χ4n) is 5.85. The van der Waals surface area contributed by atoms with Gasteiger partial charge in [-0.1, -0.05) is 30.3 Å². The Kier molecular flexibility index (Phi) is 4.30. The maximum Gasteiger partial charge on any atom is 0.239 e. The highest BCUT2D eigenvalue weighted by molar-refractivity contribution is 5.88. The highest BCUT2D eigenvalue weighted by Crippen LogP contribution is 2.60. The summed E-state index contributed by atoms with van der Waals surface area (Å²) in [5.74, 6) is 2.22. The summed E-state index contributed by atoms with van der Waals surface area (Å²) in [6.07, 6.45) is 7.07. The normalized spacial score (nSPS) is 33.7. The van der Waals surface area contributed by atoms with E-state index in [1.807, 2.05) is 37.3 Å². The molecule has 1 aromatic carbocycles. The molecule has 4 saturated carbocycles. The van der Waals surface area contributed by atoms with Crippen molar-refractivity contribution in [2.45, 2.75) is 51.5 Å². The third kappa shape index (κ3) is 3.31. The summed E-state index contributed by atoms with van der Waals surface area (Å²) in [6.45, 7) is 2.05. The Balaban J connectivity index is 1.31. The van der Waals surface area contributed by atoms with Gasteiger partial charge in [0.1, 0.15) is 0 Å². The predicted octanol–water partition coefficient (Wildman–Crippen LogP) is 3.20. The quantitative estimate of drug-likeness (QED) is 0.865. The monoisotopic (exact) mass is 340 g/mol. The van der Waals surface area contributed by atoms with Gasteiger partial charge in [-0.25, -0.2) is 0 Å². The van der Waals surface area contributed by atoms with Crippen molar-refractivity contribution in [3.8, 4) is 0 Å². The molecule has 4 bridgehead atoms. The van der Waals surface area contributed by atoms with Gasteiger partial charge in [0, 0.05) is 5.41 Å². The molecule has 4 nitrogen and oxygen atoms in total. The minimum atomic E-state index is -0.180. The highest BCUT2D eigenvalue weighted by atomic mass is 16.2. The third-order valence-corrected chi connectivity index (χ3v) is 6.61. The first-order valence-corrected chi connectivity index (χ1v) is 9.67. The fraction of sp³-hybridized carbons (Fsp3) is 0.619. The van der Waals surface area contributed by atoms with E-state index in [4.69, 9.17) is 0 Å². The SMILES string of the molecule is C[C@H](NC(=O)CNC(=O)C12CC3CC(CC(C3)C1)C2)c1ccccc1. The van der Waals surface area contributed by atoms with Crippen molar-refractivity contribution in [2.75, 3.05) is 6.54 Å². The molecule has 4 fully saturated rings. The van der Waals surface area contributed by atoms with Crippen LogP contribution in [-0.4, -0.2) is 18.4 Å². The molecule has 0 spiro atoms. The van der Waals surface area contributed by atoms with Crippen molar-refractivity contribution in [1.29, 1.82) is 0 Å². The lowest BCUT2D eigenvalue weighted by Gasteiger charge is -2.55. The van der Waals surface area contributed by atoms with Crippen LogP contribution in [0.1, 0.15) is 57.1 Å². The number of benzene rings is 1. The van der Waals surface area contributed by atoms with Crippen molar-refractivity contribution >= 4 is 11.8 Å².